The number of phenolic OH excluding ortho intramolecular Hbond substituents is 1. The van der Waals surface area contributed by atoms with Gasteiger partial charge in [-0.3, -0.25) is 9.80 Å². The second kappa shape index (κ2) is 12.9. The summed E-state index contributed by atoms with van der Waals surface area (Å²) in [4.78, 5) is 6.18. The second-order valence-electron chi connectivity index (χ2n) is 10.9. The molecule has 1 N–H and O–H groups in total. The van der Waals surface area contributed by atoms with Crippen molar-refractivity contribution in [1.29, 1.82) is 0 Å². The van der Waals surface area contributed by atoms with Crippen LogP contribution in [0.4, 0.5) is 0 Å². The molecular weight excluding hydrogens is 535 g/mol. The lowest BCUT2D eigenvalue weighted by atomic mass is 9.98. The van der Waals surface area contributed by atoms with E-state index in [1.807, 2.05) is 0 Å². The lowest BCUT2D eigenvalue weighted by molar-refractivity contribution is 0.237. The maximum absolute atomic E-state index is 10.4. The van der Waals surface area contributed by atoms with Gasteiger partial charge in [0, 0.05) is 28.0 Å². The first-order valence-electron chi connectivity index (χ1n) is 14.6. The maximum atomic E-state index is 10.4. The summed E-state index contributed by atoms with van der Waals surface area (Å²) in [5.74, 6) is 2.15. The molecule has 0 amide bonds. The quantitative estimate of drug-likeness (QED) is 0.213. The first kappa shape index (κ1) is 27.5. The third-order valence-electron chi connectivity index (χ3n) is 8.15. The van der Waals surface area contributed by atoms with Crippen molar-refractivity contribution < 1.29 is 14.6 Å². The number of hydrogen-bond donors (Lipinski definition) is 1. The molecule has 5 nitrogen and oxygen atoms in total. The average molecular weight is 575 g/mol. The normalized spacial score (nSPS) is 16.2. The SMILES string of the molecule is Oc1ccc2c(Cc3ccc(OCCN4CCCC4)cc3)c(-c3ccc(OCCN4CCCC4)cc3)sc2c1P. The molecule has 0 bridgehead atoms. The van der Waals surface area contributed by atoms with Gasteiger partial charge in [0.1, 0.15) is 30.5 Å². The molecule has 0 radical (unpaired) electrons. The number of thiophene rings is 1. The van der Waals surface area contributed by atoms with Crippen LogP contribution < -0.4 is 14.8 Å². The van der Waals surface area contributed by atoms with E-state index in [2.05, 4.69) is 73.6 Å². The molecule has 4 aromatic rings. The van der Waals surface area contributed by atoms with E-state index in [4.69, 9.17) is 9.47 Å². The minimum absolute atomic E-state index is 0.314. The third-order valence-corrected chi connectivity index (χ3v) is 10.3. The number of aromatic hydroxyl groups is 1. The molecule has 210 valence electrons. The van der Waals surface area contributed by atoms with E-state index in [1.165, 1.54) is 78.8 Å². The Bertz CT molecular complexity index is 1410. The summed E-state index contributed by atoms with van der Waals surface area (Å²) >= 11 is 1.75. The fourth-order valence-electron chi connectivity index (χ4n) is 5.84. The first-order chi connectivity index (χ1) is 19.6. The standard InChI is InChI=1S/C33H39N2O3PS/c36-30-14-13-28-29(23-24-5-9-26(10-6-24)37-21-19-34-15-1-2-16-34)32(40-33(28)31(30)39)25-7-11-27(12-8-25)38-22-20-35-17-3-4-18-35/h5-14,36H,1-4,15-23,39H2. The molecule has 0 saturated carbocycles. The lowest BCUT2D eigenvalue weighted by Gasteiger charge is -2.15. The van der Waals surface area contributed by atoms with Crippen LogP contribution in [-0.4, -0.2) is 67.4 Å². The summed E-state index contributed by atoms with van der Waals surface area (Å²) in [6.45, 7) is 8.23. The predicted molar refractivity (Wildman–Crippen MR) is 170 cm³/mol. The zero-order valence-electron chi connectivity index (χ0n) is 23.1. The van der Waals surface area contributed by atoms with Crippen LogP contribution in [0.1, 0.15) is 36.8 Å². The average Bonchev–Trinajstić information content (AvgIpc) is 3.75. The van der Waals surface area contributed by atoms with Crippen molar-refractivity contribution in [3.8, 4) is 27.7 Å². The van der Waals surface area contributed by atoms with Crippen LogP contribution >= 0.6 is 20.6 Å². The minimum Gasteiger partial charge on any atom is -0.507 e. The van der Waals surface area contributed by atoms with Gasteiger partial charge in [-0.1, -0.05) is 12.1 Å². The molecular formula is C33H39N2O3PS. The molecule has 3 heterocycles. The predicted octanol–water partition coefficient (Wildman–Crippen LogP) is 6.31. The Morgan fingerprint density at radius 1 is 0.725 bits per heavy atom. The van der Waals surface area contributed by atoms with E-state index >= 15 is 0 Å². The van der Waals surface area contributed by atoms with Crippen LogP contribution in [0.3, 0.4) is 0 Å². The zero-order chi connectivity index (χ0) is 27.3. The highest BCUT2D eigenvalue weighted by Gasteiger charge is 2.18. The van der Waals surface area contributed by atoms with Gasteiger partial charge in [0.15, 0.2) is 0 Å². The van der Waals surface area contributed by atoms with Crippen LogP contribution in [0, 0.1) is 0 Å². The molecule has 1 unspecified atom stereocenters. The molecule has 40 heavy (non-hydrogen) atoms. The van der Waals surface area contributed by atoms with E-state index in [-0.39, 0.29) is 0 Å². The summed E-state index contributed by atoms with van der Waals surface area (Å²) in [6.07, 6.45) is 6.04. The number of nitrogens with zero attached hydrogens (tertiary/aromatic N) is 2. The van der Waals surface area contributed by atoms with Gasteiger partial charge in [-0.2, -0.15) is 0 Å². The molecule has 2 aliphatic heterocycles. The van der Waals surface area contributed by atoms with Crippen molar-refractivity contribution in [3.63, 3.8) is 0 Å². The van der Waals surface area contributed by atoms with Gasteiger partial charge in [-0.25, -0.2) is 0 Å². The summed E-state index contributed by atoms with van der Waals surface area (Å²) in [5.41, 5.74) is 3.70. The Labute approximate surface area is 243 Å². The highest BCUT2D eigenvalue weighted by atomic mass is 32.1. The lowest BCUT2D eigenvalue weighted by Crippen LogP contribution is -2.25. The Morgan fingerprint density at radius 2 is 1.27 bits per heavy atom. The Kier molecular flexibility index (Phi) is 8.89. The number of likely N-dealkylation sites (tertiary alicyclic amines) is 2. The maximum Gasteiger partial charge on any atom is 0.124 e. The minimum atomic E-state index is 0.314. The van der Waals surface area contributed by atoms with Gasteiger partial charge in [-0.05, 0) is 129 Å². The van der Waals surface area contributed by atoms with Gasteiger partial charge in [-0.15, -0.1) is 20.6 Å². The second-order valence-corrected chi connectivity index (χ2v) is 12.5. The number of benzene rings is 3. The van der Waals surface area contributed by atoms with Crippen LogP contribution in [0.15, 0.2) is 60.7 Å². The van der Waals surface area contributed by atoms with Crippen LogP contribution in [0.25, 0.3) is 20.5 Å². The number of rotatable bonds is 11. The molecule has 2 aliphatic rings. The number of phenols is 1. The number of ether oxygens (including phenoxy) is 2. The van der Waals surface area contributed by atoms with Crippen molar-refractivity contribution >= 4 is 36.0 Å². The van der Waals surface area contributed by atoms with E-state index in [0.29, 0.717) is 5.75 Å². The fraction of sp³-hybridized carbons (Fsp3) is 0.394. The van der Waals surface area contributed by atoms with E-state index < -0.39 is 0 Å². The highest BCUT2D eigenvalue weighted by molar-refractivity contribution is 7.33. The van der Waals surface area contributed by atoms with Gasteiger partial charge in [0.05, 0.1) is 0 Å². The zero-order valence-corrected chi connectivity index (χ0v) is 25.1. The topological polar surface area (TPSA) is 45.2 Å². The highest BCUT2D eigenvalue weighted by Crippen LogP contribution is 2.41. The van der Waals surface area contributed by atoms with Crippen molar-refractivity contribution in [2.45, 2.75) is 32.1 Å². The molecule has 0 aliphatic carbocycles. The molecule has 1 atom stereocenters. The van der Waals surface area contributed by atoms with Crippen molar-refractivity contribution in [1.82, 2.24) is 9.80 Å². The summed E-state index contributed by atoms with van der Waals surface area (Å²) in [7, 11) is 2.73. The Balaban J connectivity index is 1.18. The van der Waals surface area contributed by atoms with E-state index in [9.17, 15) is 5.11 Å². The molecule has 1 aromatic heterocycles. The molecule has 2 fully saturated rings. The van der Waals surface area contributed by atoms with Crippen molar-refractivity contribution in [3.05, 3.63) is 71.8 Å². The first-order valence-corrected chi connectivity index (χ1v) is 16.0. The summed E-state index contributed by atoms with van der Waals surface area (Å²) < 4.78 is 13.2. The largest absolute Gasteiger partial charge is 0.507 e. The van der Waals surface area contributed by atoms with Crippen LogP contribution in [0.2, 0.25) is 0 Å². The molecule has 0 spiro atoms. The van der Waals surface area contributed by atoms with Gasteiger partial charge in [0.2, 0.25) is 0 Å². The summed E-state index contributed by atoms with van der Waals surface area (Å²) in [5, 5.41) is 12.4. The van der Waals surface area contributed by atoms with E-state index in [1.54, 1.807) is 17.4 Å². The van der Waals surface area contributed by atoms with Gasteiger partial charge < -0.3 is 14.6 Å². The summed E-state index contributed by atoms with van der Waals surface area (Å²) in [6, 6.07) is 20.9. The van der Waals surface area contributed by atoms with Gasteiger partial charge in [0.25, 0.3) is 0 Å². The third kappa shape index (κ3) is 6.47. The van der Waals surface area contributed by atoms with Gasteiger partial charge >= 0.3 is 0 Å². The fourth-order valence-corrected chi connectivity index (χ4v) is 7.55. The van der Waals surface area contributed by atoms with E-state index in [0.717, 1.165) is 54.2 Å². The Hall–Kier alpha value is -2.63. The number of hydrogen-bond acceptors (Lipinski definition) is 6. The molecule has 3 aromatic carbocycles. The van der Waals surface area contributed by atoms with Crippen molar-refractivity contribution in [2.24, 2.45) is 0 Å². The molecule has 2 saturated heterocycles. The van der Waals surface area contributed by atoms with Crippen molar-refractivity contribution in [2.75, 3.05) is 52.5 Å². The smallest absolute Gasteiger partial charge is 0.124 e. The molecule has 6 rings (SSSR count). The monoisotopic (exact) mass is 574 g/mol. The van der Waals surface area contributed by atoms with Crippen LogP contribution in [-0.2, 0) is 6.42 Å². The number of fused-ring (bicyclic) bond motifs is 1. The Morgan fingerprint density at radius 3 is 1.85 bits per heavy atom. The van der Waals surface area contributed by atoms with Crippen LogP contribution in [0.5, 0.6) is 17.2 Å². The molecule has 7 heteroatoms.